The number of nitrogens with one attached hydrogen (secondary N) is 1. The highest BCUT2D eigenvalue weighted by Gasteiger charge is 2.22. The highest BCUT2D eigenvalue weighted by Crippen LogP contribution is 2.37. The lowest BCUT2D eigenvalue weighted by atomic mass is 9.83. The minimum absolute atomic E-state index is 0.0573. The van der Waals surface area contributed by atoms with Gasteiger partial charge in [0, 0.05) is 29.1 Å². The largest absolute Gasteiger partial charge is 0.493 e. The lowest BCUT2D eigenvalue weighted by Crippen LogP contribution is -2.19. The second-order valence-corrected chi connectivity index (χ2v) is 7.49. The van der Waals surface area contributed by atoms with E-state index >= 15 is 0 Å². The van der Waals surface area contributed by atoms with Crippen molar-refractivity contribution in [1.82, 2.24) is 14.4 Å². The van der Waals surface area contributed by atoms with Crippen LogP contribution in [0.1, 0.15) is 46.8 Å². The summed E-state index contributed by atoms with van der Waals surface area (Å²) in [7, 11) is 0. The molecule has 10 heteroatoms. The third-order valence-corrected chi connectivity index (χ3v) is 5.54. The van der Waals surface area contributed by atoms with Gasteiger partial charge in [0.1, 0.15) is 11.2 Å². The summed E-state index contributed by atoms with van der Waals surface area (Å²) in [4.78, 5) is 44.0. The summed E-state index contributed by atoms with van der Waals surface area (Å²) in [5.74, 6) is -1.81. The number of hydrogen-bond donors (Lipinski definition) is 3. The number of aliphatic carboxylic acids is 1. The van der Waals surface area contributed by atoms with E-state index in [2.05, 4.69) is 15.3 Å². The number of nitrogens with zero attached hydrogens (tertiary/aromatic N) is 3. The SMILES string of the molecule is O=C(O)C=Cc1c(O)nc2cc(C(=O)Nc3nc(C4CCC4)cs3)ccn2c1=O. The minimum atomic E-state index is -1.26. The highest BCUT2D eigenvalue weighted by molar-refractivity contribution is 7.14. The van der Waals surface area contributed by atoms with Gasteiger partial charge in [0.05, 0.1) is 5.69 Å². The van der Waals surface area contributed by atoms with Crippen LogP contribution in [-0.4, -0.2) is 36.5 Å². The molecule has 9 nitrogen and oxygen atoms in total. The molecule has 1 fully saturated rings. The average molecular weight is 412 g/mol. The minimum Gasteiger partial charge on any atom is -0.493 e. The summed E-state index contributed by atoms with van der Waals surface area (Å²) in [6.45, 7) is 0. The first-order chi connectivity index (χ1) is 13.9. The second-order valence-electron chi connectivity index (χ2n) is 6.63. The van der Waals surface area contributed by atoms with E-state index in [9.17, 15) is 19.5 Å². The van der Waals surface area contributed by atoms with E-state index in [4.69, 9.17) is 5.11 Å². The van der Waals surface area contributed by atoms with Gasteiger partial charge in [0.15, 0.2) is 5.13 Å². The zero-order chi connectivity index (χ0) is 20.5. The molecule has 0 atom stereocenters. The number of pyridine rings is 1. The molecule has 0 unspecified atom stereocenters. The number of fused-ring (bicyclic) bond motifs is 1. The molecule has 148 valence electrons. The molecule has 3 aromatic heterocycles. The molecule has 3 N–H and O–H groups in total. The molecule has 3 aromatic rings. The summed E-state index contributed by atoms with van der Waals surface area (Å²) < 4.78 is 1.12. The van der Waals surface area contributed by atoms with Crippen LogP contribution in [0.3, 0.4) is 0 Å². The Morgan fingerprint density at radius 3 is 2.79 bits per heavy atom. The molecule has 0 aliphatic heterocycles. The Morgan fingerprint density at radius 1 is 1.31 bits per heavy atom. The fraction of sp³-hybridized carbons (Fsp3) is 0.211. The predicted octanol–water partition coefficient (Wildman–Crippen LogP) is 2.47. The van der Waals surface area contributed by atoms with Crippen LogP contribution in [0.4, 0.5) is 5.13 Å². The van der Waals surface area contributed by atoms with Gasteiger partial charge in [-0.2, -0.15) is 4.98 Å². The number of amides is 1. The Balaban J connectivity index is 1.60. The van der Waals surface area contributed by atoms with E-state index in [0.717, 1.165) is 35.1 Å². The monoisotopic (exact) mass is 412 g/mol. The van der Waals surface area contributed by atoms with Crippen LogP contribution in [0.25, 0.3) is 11.7 Å². The molecule has 0 saturated heterocycles. The van der Waals surface area contributed by atoms with Crippen LogP contribution in [0.2, 0.25) is 0 Å². The van der Waals surface area contributed by atoms with E-state index in [-0.39, 0.29) is 16.8 Å². The van der Waals surface area contributed by atoms with Crippen LogP contribution < -0.4 is 10.9 Å². The van der Waals surface area contributed by atoms with E-state index in [1.54, 1.807) is 0 Å². The summed E-state index contributed by atoms with van der Waals surface area (Å²) in [6.07, 6.45) is 6.50. The fourth-order valence-electron chi connectivity index (χ4n) is 2.99. The van der Waals surface area contributed by atoms with Gasteiger partial charge in [-0.3, -0.25) is 19.3 Å². The molecular formula is C19H16N4O5S. The number of anilines is 1. The van der Waals surface area contributed by atoms with Gasteiger partial charge in [-0.05, 0) is 31.1 Å². The molecule has 1 aliphatic rings. The van der Waals surface area contributed by atoms with E-state index in [1.807, 2.05) is 5.38 Å². The summed E-state index contributed by atoms with van der Waals surface area (Å²) in [5, 5.41) is 23.8. The summed E-state index contributed by atoms with van der Waals surface area (Å²) in [5.41, 5.74) is 0.387. The molecule has 0 radical (unpaired) electrons. The fourth-order valence-corrected chi connectivity index (χ4v) is 3.77. The zero-order valence-electron chi connectivity index (χ0n) is 15.0. The maximum absolute atomic E-state index is 12.5. The molecule has 1 amide bonds. The molecule has 0 spiro atoms. The molecule has 1 saturated carbocycles. The number of thiazole rings is 1. The van der Waals surface area contributed by atoms with Crippen LogP contribution in [0.15, 0.2) is 34.6 Å². The molecule has 1 aliphatic carbocycles. The van der Waals surface area contributed by atoms with Gasteiger partial charge in [-0.1, -0.05) is 6.42 Å². The molecule has 4 rings (SSSR count). The Labute approximate surface area is 168 Å². The molecule has 0 bridgehead atoms. The van der Waals surface area contributed by atoms with Gasteiger partial charge in [-0.15, -0.1) is 11.3 Å². The average Bonchev–Trinajstić information content (AvgIpc) is 3.07. The molecule has 0 aromatic carbocycles. The van der Waals surface area contributed by atoms with Crippen LogP contribution in [0.5, 0.6) is 5.88 Å². The standard InChI is InChI=1S/C19H16N4O5S/c24-15(25)5-4-12-17(27)21-14-8-11(6-7-23(14)18(12)28)16(26)22-19-20-13(9-29-19)10-2-1-3-10/h4-10,27H,1-3H2,(H,24,25)(H,20,22,26). The van der Waals surface area contributed by atoms with Gasteiger partial charge >= 0.3 is 5.97 Å². The first-order valence-electron chi connectivity index (χ1n) is 8.85. The van der Waals surface area contributed by atoms with Crippen molar-refractivity contribution in [3.63, 3.8) is 0 Å². The number of hydrogen-bond acceptors (Lipinski definition) is 7. The first-order valence-corrected chi connectivity index (χ1v) is 9.73. The third kappa shape index (κ3) is 3.74. The van der Waals surface area contributed by atoms with Gasteiger partial charge < -0.3 is 10.2 Å². The number of carbonyl (C=O) groups is 2. The number of rotatable bonds is 5. The van der Waals surface area contributed by atoms with Crippen molar-refractivity contribution < 1.29 is 19.8 Å². The van der Waals surface area contributed by atoms with Crippen molar-refractivity contribution in [3.8, 4) is 5.88 Å². The lowest BCUT2D eigenvalue weighted by molar-refractivity contribution is -0.131. The second kappa shape index (κ2) is 7.47. The first kappa shape index (κ1) is 18.8. The Kier molecular flexibility index (Phi) is 4.85. The topological polar surface area (TPSA) is 134 Å². The van der Waals surface area contributed by atoms with E-state index in [0.29, 0.717) is 11.0 Å². The molecule has 3 heterocycles. The van der Waals surface area contributed by atoms with Crippen molar-refractivity contribution in [3.05, 3.63) is 57.0 Å². The number of carboxylic acids is 1. The Hall–Kier alpha value is -3.53. The number of aromatic nitrogens is 3. The normalized spacial score (nSPS) is 14.2. The zero-order valence-corrected chi connectivity index (χ0v) is 15.8. The maximum Gasteiger partial charge on any atom is 0.328 e. The Bertz CT molecular complexity index is 1210. The number of carbonyl (C=O) groups excluding carboxylic acids is 1. The highest BCUT2D eigenvalue weighted by atomic mass is 32.1. The van der Waals surface area contributed by atoms with Crippen molar-refractivity contribution in [2.24, 2.45) is 0 Å². The Morgan fingerprint density at radius 2 is 2.10 bits per heavy atom. The van der Waals surface area contributed by atoms with Gasteiger partial charge in [0.25, 0.3) is 11.5 Å². The number of aromatic hydroxyl groups is 1. The van der Waals surface area contributed by atoms with Gasteiger partial charge in [0.2, 0.25) is 5.88 Å². The molecule has 29 heavy (non-hydrogen) atoms. The quantitative estimate of drug-likeness (QED) is 0.548. The van der Waals surface area contributed by atoms with E-state index < -0.39 is 23.3 Å². The van der Waals surface area contributed by atoms with Crippen LogP contribution >= 0.6 is 11.3 Å². The maximum atomic E-state index is 12.5. The van der Waals surface area contributed by atoms with Crippen LogP contribution in [0, 0.1) is 0 Å². The van der Waals surface area contributed by atoms with Crippen molar-refractivity contribution in [2.45, 2.75) is 25.2 Å². The van der Waals surface area contributed by atoms with Crippen molar-refractivity contribution >= 4 is 40.1 Å². The van der Waals surface area contributed by atoms with Crippen molar-refractivity contribution in [1.29, 1.82) is 0 Å². The third-order valence-electron chi connectivity index (χ3n) is 4.77. The predicted molar refractivity (Wildman–Crippen MR) is 106 cm³/mol. The number of carboxylic acid groups (broad SMARTS) is 1. The van der Waals surface area contributed by atoms with E-state index in [1.165, 1.54) is 36.1 Å². The smallest absolute Gasteiger partial charge is 0.328 e. The summed E-state index contributed by atoms with van der Waals surface area (Å²) in [6, 6.07) is 2.80. The van der Waals surface area contributed by atoms with Crippen LogP contribution in [-0.2, 0) is 4.79 Å². The lowest BCUT2D eigenvalue weighted by Gasteiger charge is -2.22. The summed E-state index contributed by atoms with van der Waals surface area (Å²) >= 11 is 1.36. The van der Waals surface area contributed by atoms with Crippen molar-refractivity contribution in [2.75, 3.05) is 5.32 Å². The molecular weight excluding hydrogens is 396 g/mol. The van der Waals surface area contributed by atoms with Gasteiger partial charge in [-0.25, -0.2) is 9.78 Å².